The third-order valence-corrected chi connectivity index (χ3v) is 12.4. The van der Waals surface area contributed by atoms with E-state index in [4.69, 9.17) is 4.74 Å². The van der Waals surface area contributed by atoms with Crippen LogP contribution in [-0.2, 0) is 20.9 Å². The third-order valence-electron chi connectivity index (χ3n) is 10.4. The Morgan fingerprint density at radius 3 is 2.35 bits per heavy atom. The first-order valence-electron chi connectivity index (χ1n) is 16.2. The summed E-state index contributed by atoms with van der Waals surface area (Å²) in [7, 11) is 1.59. The number of aliphatic hydroxyl groups is 1. The zero-order valence-electron chi connectivity index (χ0n) is 27.4. The van der Waals surface area contributed by atoms with Crippen molar-refractivity contribution in [3.63, 3.8) is 0 Å². The molecule has 1 N–H and O–H groups in total. The van der Waals surface area contributed by atoms with Gasteiger partial charge in [-0.3, -0.25) is 14.4 Å². The van der Waals surface area contributed by atoms with Crippen molar-refractivity contribution in [3.05, 3.63) is 85.5 Å². The maximum absolute atomic E-state index is 15.0. The molecule has 3 aliphatic rings. The standard InChI is InChI=1S/C37H47N3O5S/c1-7-21-38(23-26-13-11-10-12-14-26)33(42)30-31-34(43)40(29(24-41)25(4)9-3)32(37(31)20-19-36(30,5)46-37)35(44)39(22-8-2)27-15-17-28(45-6)18-16-27/h7-8,10-18,25,29-32,41H,1-2,9,19-24H2,3-6H3/t25-,29-,30-,31-,32?,36+,37?/m0/s1. The molecule has 3 amide bonds. The molecule has 1 spiro atoms. The SMILES string of the molecule is C=CCN(Cc1ccccc1)C(=O)[C@@H]1[C@H]2C(=O)N([C@@H](CO)[C@@H](C)CC)C(C(=O)N(CC=C)c3ccc(OC)cc3)C23CC[C@@]1(C)S3. The van der Waals surface area contributed by atoms with Gasteiger partial charge in [0.25, 0.3) is 5.91 Å². The minimum Gasteiger partial charge on any atom is -0.497 e. The Balaban J connectivity index is 1.61. The number of hydrogen-bond acceptors (Lipinski definition) is 6. The number of anilines is 1. The molecule has 46 heavy (non-hydrogen) atoms. The quantitative estimate of drug-likeness (QED) is 0.280. The van der Waals surface area contributed by atoms with Gasteiger partial charge in [0.15, 0.2) is 0 Å². The molecule has 3 fully saturated rings. The molecule has 3 saturated heterocycles. The largest absolute Gasteiger partial charge is 0.497 e. The average molecular weight is 646 g/mol. The Morgan fingerprint density at radius 1 is 1.09 bits per heavy atom. The van der Waals surface area contributed by atoms with Crippen molar-refractivity contribution in [1.29, 1.82) is 0 Å². The van der Waals surface area contributed by atoms with E-state index in [0.29, 0.717) is 37.4 Å². The molecule has 8 nitrogen and oxygen atoms in total. The fraction of sp³-hybridized carbons (Fsp3) is 0.486. The third kappa shape index (κ3) is 5.66. The van der Waals surface area contributed by atoms with Gasteiger partial charge in [0.2, 0.25) is 11.8 Å². The monoisotopic (exact) mass is 645 g/mol. The van der Waals surface area contributed by atoms with E-state index < -0.39 is 33.4 Å². The Hall–Kier alpha value is -3.56. The van der Waals surface area contributed by atoms with E-state index >= 15 is 4.79 Å². The summed E-state index contributed by atoms with van der Waals surface area (Å²) in [6.07, 6.45) is 5.46. The molecule has 2 aromatic carbocycles. The number of rotatable bonds is 14. The minimum atomic E-state index is -0.857. The predicted molar refractivity (Wildman–Crippen MR) is 184 cm³/mol. The number of benzene rings is 2. The predicted octanol–water partition coefficient (Wildman–Crippen LogP) is 5.32. The van der Waals surface area contributed by atoms with Crippen LogP contribution in [0, 0.1) is 17.8 Å². The summed E-state index contributed by atoms with van der Waals surface area (Å²) >= 11 is 1.65. The van der Waals surface area contributed by atoms with Crippen molar-refractivity contribution in [2.24, 2.45) is 17.8 Å². The van der Waals surface area contributed by atoms with Crippen LogP contribution in [0.2, 0.25) is 0 Å². The summed E-state index contributed by atoms with van der Waals surface area (Å²) < 4.78 is 4.01. The number of amides is 3. The molecular weight excluding hydrogens is 598 g/mol. The molecule has 246 valence electrons. The van der Waals surface area contributed by atoms with Crippen LogP contribution >= 0.6 is 11.8 Å². The number of fused-ring (bicyclic) bond motifs is 1. The van der Waals surface area contributed by atoms with E-state index in [0.717, 1.165) is 12.0 Å². The van der Waals surface area contributed by atoms with Gasteiger partial charge in [0, 0.05) is 30.1 Å². The Kier molecular flexibility index (Phi) is 10.0. The fourth-order valence-corrected chi connectivity index (χ4v) is 10.3. The van der Waals surface area contributed by atoms with Crippen LogP contribution in [0.15, 0.2) is 79.9 Å². The first-order chi connectivity index (χ1) is 22.1. The van der Waals surface area contributed by atoms with Crippen molar-refractivity contribution in [3.8, 4) is 5.75 Å². The van der Waals surface area contributed by atoms with Gasteiger partial charge in [0.05, 0.1) is 36.3 Å². The summed E-state index contributed by atoms with van der Waals surface area (Å²) in [6, 6.07) is 15.7. The number of methoxy groups -OCH3 is 1. The lowest BCUT2D eigenvalue weighted by atomic mass is 9.66. The highest BCUT2D eigenvalue weighted by Gasteiger charge is 2.78. The van der Waals surface area contributed by atoms with E-state index in [1.165, 1.54) is 0 Å². The lowest BCUT2D eigenvalue weighted by molar-refractivity contribution is -0.147. The molecule has 2 unspecified atom stereocenters. The highest BCUT2D eigenvalue weighted by molar-refractivity contribution is 8.02. The van der Waals surface area contributed by atoms with Crippen LogP contribution in [0.5, 0.6) is 5.75 Å². The Labute approximate surface area is 277 Å². The minimum absolute atomic E-state index is 0.0596. The van der Waals surface area contributed by atoms with Crippen LogP contribution < -0.4 is 9.64 Å². The highest BCUT2D eigenvalue weighted by atomic mass is 32.2. The zero-order chi connectivity index (χ0) is 33.2. The molecule has 3 heterocycles. The summed E-state index contributed by atoms with van der Waals surface area (Å²) in [5, 5.41) is 10.8. The summed E-state index contributed by atoms with van der Waals surface area (Å²) in [4.78, 5) is 49.7. The number of carbonyl (C=O) groups excluding carboxylic acids is 3. The molecule has 0 aromatic heterocycles. The fourth-order valence-electron chi connectivity index (χ4n) is 7.94. The second-order valence-corrected chi connectivity index (χ2v) is 14.9. The van der Waals surface area contributed by atoms with E-state index in [-0.39, 0.29) is 36.8 Å². The summed E-state index contributed by atoms with van der Waals surface area (Å²) in [5.74, 6) is -1.22. The molecule has 3 aliphatic heterocycles. The lowest BCUT2D eigenvalue weighted by Crippen LogP contribution is -2.58. The molecule has 0 saturated carbocycles. The van der Waals surface area contributed by atoms with Gasteiger partial charge in [-0.15, -0.1) is 24.9 Å². The van der Waals surface area contributed by atoms with Crippen molar-refractivity contribution in [2.75, 3.05) is 31.7 Å². The van der Waals surface area contributed by atoms with Crippen molar-refractivity contribution >= 4 is 35.2 Å². The van der Waals surface area contributed by atoms with E-state index in [1.807, 2.05) is 56.3 Å². The number of ether oxygens (including phenoxy) is 1. The molecule has 9 heteroatoms. The molecule has 5 rings (SSSR count). The highest BCUT2D eigenvalue weighted by Crippen LogP contribution is 2.72. The van der Waals surface area contributed by atoms with Crippen molar-refractivity contribution in [1.82, 2.24) is 9.80 Å². The van der Waals surface area contributed by atoms with Gasteiger partial charge in [-0.2, -0.15) is 0 Å². The normalized spacial score (nSPS) is 27.5. The Morgan fingerprint density at radius 2 is 1.76 bits per heavy atom. The smallest absolute Gasteiger partial charge is 0.251 e. The maximum atomic E-state index is 15.0. The molecule has 0 radical (unpaired) electrons. The zero-order valence-corrected chi connectivity index (χ0v) is 28.2. The van der Waals surface area contributed by atoms with E-state index in [2.05, 4.69) is 20.1 Å². The second kappa shape index (κ2) is 13.7. The van der Waals surface area contributed by atoms with Gasteiger partial charge < -0.3 is 24.5 Å². The maximum Gasteiger partial charge on any atom is 0.251 e. The van der Waals surface area contributed by atoms with Crippen LogP contribution in [0.3, 0.4) is 0 Å². The first-order valence-corrected chi connectivity index (χ1v) is 17.1. The number of carbonyl (C=O) groups is 3. The topological polar surface area (TPSA) is 90.4 Å². The van der Waals surface area contributed by atoms with E-state index in [1.54, 1.807) is 57.9 Å². The van der Waals surface area contributed by atoms with Crippen molar-refractivity contribution < 1.29 is 24.2 Å². The van der Waals surface area contributed by atoms with Gasteiger partial charge >= 0.3 is 0 Å². The molecule has 2 aromatic rings. The first kappa shape index (κ1) is 33.8. The van der Waals surface area contributed by atoms with Gasteiger partial charge in [-0.25, -0.2) is 0 Å². The average Bonchev–Trinajstić information content (AvgIpc) is 3.64. The van der Waals surface area contributed by atoms with E-state index in [9.17, 15) is 14.7 Å². The Bertz CT molecular complexity index is 1450. The number of nitrogens with zero attached hydrogens (tertiary/aromatic N) is 3. The molecule has 2 bridgehead atoms. The van der Waals surface area contributed by atoms with Crippen LogP contribution in [0.4, 0.5) is 5.69 Å². The molecular formula is C37H47N3O5S. The van der Waals surface area contributed by atoms with Crippen LogP contribution in [0.25, 0.3) is 0 Å². The van der Waals surface area contributed by atoms with Gasteiger partial charge in [-0.05, 0) is 55.5 Å². The number of thioether (sulfide) groups is 1. The molecule has 7 atom stereocenters. The molecule has 0 aliphatic carbocycles. The second-order valence-electron chi connectivity index (χ2n) is 13.0. The van der Waals surface area contributed by atoms with Crippen LogP contribution in [-0.4, -0.2) is 81.0 Å². The summed E-state index contributed by atoms with van der Waals surface area (Å²) in [6.45, 7) is 14.7. The van der Waals surface area contributed by atoms with Gasteiger partial charge in [-0.1, -0.05) is 62.8 Å². The van der Waals surface area contributed by atoms with Crippen LogP contribution in [0.1, 0.15) is 45.6 Å². The van der Waals surface area contributed by atoms with Gasteiger partial charge in [0.1, 0.15) is 11.8 Å². The summed E-state index contributed by atoms with van der Waals surface area (Å²) in [5.41, 5.74) is 1.66. The number of aliphatic hydroxyl groups excluding tert-OH is 1. The number of hydrogen-bond donors (Lipinski definition) is 1. The number of likely N-dealkylation sites (tertiary alicyclic amines) is 1. The van der Waals surface area contributed by atoms with Crippen molar-refractivity contribution in [2.45, 2.75) is 68.2 Å². The lowest BCUT2D eigenvalue weighted by Gasteiger charge is -2.41.